The first-order chi connectivity index (χ1) is 8.61. The van der Waals surface area contributed by atoms with Crippen LogP contribution in [0.1, 0.15) is 20.3 Å². The lowest BCUT2D eigenvalue weighted by molar-refractivity contribution is -0.119. The van der Waals surface area contributed by atoms with Gasteiger partial charge in [-0.05, 0) is 24.5 Å². The monoisotopic (exact) mass is 267 g/mol. The average Bonchev–Trinajstić information content (AvgIpc) is 2.36. The molecule has 4 nitrogen and oxygen atoms in total. The fourth-order valence-corrected chi connectivity index (χ4v) is 2.33. The van der Waals surface area contributed by atoms with Crippen LogP contribution in [-0.2, 0) is 4.79 Å². The van der Waals surface area contributed by atoms with Crippen molar-refractivity contribution in [3.05, 3.63) is 24.5 Å². The zero-order valence-corrected chi connectivity index (χ0v) is 11.7. The van der Waals surface area contributed by atoms with E-state index in [4.69, 9.17) is 5.73 Å². The molecule has 1 atom stereocenters. The minimum Gasteiger partial charge on any atom is -0.351 e. The molecule has 1 amide bonds. The molecule has 1 aromatic rings. The van der Waals surface area contributed by atoms with Gasteiger partial charge in [-0.25, -0.2) is 0 Å². The van der Waals surface area contributed by atoms with E-state index in [2.05, 4.69) is 24.1 Å². The Bertz CT molecular complexity index is 357. The van der Waals surface area contributed by atoms with Gasteiger partial charge in [0.1, 0.15) is 0 Å². The smallest absolute Gasteiger partial charge is 0.230 e. The molecule has 0 aliphatic heterocycles. The second-order valence-corrected chi connectivity index (χ2v) is 5.65. The fraction of sp³-hybridized carbons (Fsp3) is 0.538. The number of rotatable bonds is 7. The molecule has 1 unspecified atom stereocenters. The van der Waals surface area contributed by atoms with Gasteiger partial charge in [0.25, 0.3) is 0 Å². The highest BCUT2D eigenvalue weighted by Gasteiger charge is 2.12. The second kappa shape index (κ2) is 8.11. The lowest BCUT2D eigenvalue weighted by Gasteiger charge is -2.18. The first kappa shape index (κ1) is 15.0. The average molecular weight is 267 g/mol. The Balaban J connectivity index is 2.32. The van der Waals surface area contributed by atoms with Crippen LogP contribution in [-0.4, -0.2) is 29.2 Å². The van der Waals surface area contributed by atoms with Gasteiger partial charge in [0.2, 0.25) is 5.91 Å². The van der Waals surface area contributed by atoms with Crippen molar-refractivity contribution < 1.29 is 4.79 Å². The van der Waals surface area contributed by atoms with E-state index < -0.39 is 0 Å². The standard InChI is InChI=1S/C13H21N3OS/c1-10(2)7-11(8-14)16-13(17)9-18-12-3-5-15-6-4-12/h3-6,10-11H,7-9,14H2,1-2H3,(H,16,17). The molecular weight excluding hydrogens is 246 g/mol. The lowest BCUT2D eigenvalue weighted by Crippen LogP contribution is -2.41. The molecule has 1 rings (SSSR count). The third kappa shape index (κ3) is 6.02. The summed E-state index contributed by atoms with van der Waals surface area (Å²) in [5, 5.41) is 2.97. The van der Waals surface area contributed by atoms with Crippen LogP contribution in [0.5, 0.6) is 0 Å². The van der Waals surface area contributed by atoms with E-state index in [0.29, 0.717) is 18.2 Å². The Morgan fingerprint density at radius 2 is 2.11 bits per heavy atom. The molecule has 0 saturated heterocycles. The van der Waals surface area contributed by atoms with E-state index in [-0.39, 0.29) is 11.9 Å². The lowest BCUT2D eigenvalue weighted by atomic mass is 10.0. The van der Waals surface area contributed by atoms with Gasteiger partial charge in [-0.3, -0.25) is 9.78 Å². The third-order valence-electron chi connectivity index (χ3n) is 2.43. The summed E-state index contributed by atoms with van der Waals surface area (Å²) in [5.41, 5.74) is 5.65. The summed E-state index contributed by atoms with van der Waals surface area (Å²) in [7, 11) is 0. The summed E-state index contributed by atoms with van der Waals surface area (Å²) < 4.78 is 0. The molecule has 1 aromatic heterocycles. The van der Waals surface area contributed by atoms with Crippen LogP contribution in [0.2, 0.25) is 0 Å². The number of hydrogen-bond acceptors (Lipinski definition) is 4. The van der Waals surface area contributed by atoms with Crippen LogP contribution in [0, 0.1) is 5.92 Å². The maximum Gasteiger partial charge on any atom is 0.230 e. The van der Waals surface area contributed by atoms with E-state index in [0.717, 1.165) is 11.3 Å². The summed E-state index contributed by atoms with van der Waals surface area (Å²) in [6, 6.07) is 3.87. The summed E-state index contributed by atoms with van der Waals surface area (Å²) in [5.74, 6) is 0.984. The summed E-state index contributed by atoms with van der Waals surface area (Å²) in [4.78, 5) is 16.7. The molecule has 3 N–H and O–H groups in total. The molecule has 0 aliphatic rings. The van der Waals surface area contributed by atoms with Crippen molar-refractivity contribution in [1.82, 2.24) is 10.3 Å². The number of nitrogens with one attached hydrogen (secondary N) is 1. The summed E-state index contributed by atoms with van der Waals surface area (Å²) >= 11 is 1.51. The molecule has 5 heteroatoms. The number of nitrogens with two attached hydrogens (primary N) is 1. The van der Waals surface area contributed by atoms with Crippen LogP contribution < -0.4 is 11.1 Å². The molecule has 0 spiro atoms. The molecule has 1 heterocycles. The van der Waals surface area contributed by atoms with Crippen LogP contribution in [0.25, 0.3) is 0 Å². The van der Waals surface area contributed by atoms with Crippen LogP contribution in [0.15, 0.2) is 29.4 Å². The molecule has 0 aliphatic carbocycles. The normalized spacial score (nSPS) is 12.4. The van der Waals surface area contributed by atoms with E-state index in [1.54, 1.807) is 12.4 Å². The minimum absolute atomic E-state index is 0.0351. The van der Waals surface area contributed by atoms with Gasteiger partial charge >= 0.3 is 0 Å². The predicted molar refractivity (Wildman–Crippen MR) is 75.4 cm³/mol. The van der Waals surface area contributed by atoms with E-state index >= 15 is 0 Å². The Hall–Kier alpha value is -1.07. The molecule has 0 fully saturated rings. The minimum atomic E-state index is 0.0351. The quantitative estimate of drug-likeness (QED) is 0.737. The van der Waals surface area contributed by atoms with Crippen LogP contribution in [0.3, 0.4) is 0 Å². The Morgan fingerprint density at radius 1 is 1.44 bits per heavy atom. The maximum absolute atomic E-state index is 11.8. The third-order valence-corrected chi connectivity index (χ3v) is 3.44. The molecular formula is C13H21N3OS. The first-order valence-corrected chi connectivity index (χ1v) is 7.12. The number of carbonyl (C=O) groups excluding carboxylic acids is 1. The van der Waals surface area contributed by atoms with E-state index in [1.165, 1.54) is 11.8 Å². The molecule has 0 radical (unpaired) electrons. The van der Waals surface area contributed by atoms with Gasteiger partial charge in [-0.1, -0.05) is 13.8 Å². The zero-order chi connectivity index (χ0) is 13.4. The Labute approximate surface area is 113 Å². The van der Waals surface area contributed by atoms with Gasteiger partial charge < -0.3 is 11.1 Å². The molecule has 100 valence electrons. The van der Waals surface area contributed by atoms with Crippen molar-refractivity contribution >= 4 is 17.7 Å². The SMILES string of the molecule is CC(C)CC(CN)NC(=O)CSc1ccncc1. The van der Waals surface area contributed by atoms with E-state index in [1.807, 2.05) is 12.1 Å². The van der Waals surface area contributed by atoms with Crippen LogP contribution in [0.4, 0.5) is 0 Å². The van der Waals surface area contributed by atoms with Gasteiger partial charge in [-0.15, -0.1) is 11.8 Å². The Morgan fingerprint density at radius 3 is 2.67 bits per heavy atom. The highest BCUT2D eigenvalue weighted by molar-refractivity contribution is 8.00. The van der Waals surface area contributed by atoms with Gasteiger partial charge in [-0.2, -0.15) is 0 Å². The zero-order valence-electron chi connectivity index (χ0n) is 10.9. The molecule has 18 heavy (non-hydrogen) atoms. The maximum atomic E-state index is 11.8. The number of pyridine rings is 1. The van der Waals surface area contributed by atoms with Crippen molar-refractivity contribution in [3.8, 4) is 0 Å². The van der Waals surface area contributed by atoms with Gasteiger partial charge in [0.15, 0.2) is 0 Å². The molecule has 0 saturated carbocycles. The van der Waals surface area contributed by atoms with Gasteiger partial charge in [0.05, 0.1) is 5.75 Å². The number of nitrogens with zero attached hydrogens (tertiary/aromatic N) is 1. The number of thioether (sulfide) groups is 1. The molecule has 0 aromatic carbocycles. The van der Waals surface area contributed by atoms with Crippen LogP contribution >= 0.6 is 11.8 Å². The number of aromatic nitrogens is 1. The van der Waals surface area contributed by atoms with Crippen molar-refractivity contribution in [2.75, 3.05) is 12.3 Å². The van der Waals surface area contributed by atoms with Gasteiger partial charge in [0, 0.05) is 29.9 Å². The first-order valence-electron chi connectivity index (χ1n) is 6.14. The van der Waals surface area contributed by atoms with Crippen molar-refractivity contribution in [2.24, 2.45) is 11.7 Å². The summed E-state index contributed by atoms with van der Waals surface area (Å²) in [6.07, 6.45) is 4.37. The highest BCUT2D eigenvalue weighted by Crippen LogP contribution is 2.15. The van der Waals surface area contributed by atoms with Crippen molar-refractivity contribution in [3.63, 3.8) is 0 Å². The topological polar surface area (TPSA) is 68.0 Å². The molecule has 0 bridgehead atoms. The van der Waals surface area contributed by atoms with Crippen molar-refractivity contribution in [2.45, 2.75) is 31.2 Å². The number of carbonyl (C=O) groups is 1. The van der Waals surface area contributed by atoms with Crippen molar-refractivity contribution in [1.29, 1.82) is 0 Å². The largest absolute Gasteiger partial charge is 0.351 e. The van der Waals surface area contributed by atoms with E-state index in [9.17, 15) is 4.79 Å². The second-order valence-electron chi connectivity index (χ2n) is 4.60. The highest BCUT2D eigenvalue weighted by atomic mass is 32.2. The number of hydrogen-bond donors (Lipinski definition) is 2. The number of amides is 1. The predicted octanol–water partition coefficient (Wildman–Crippen LogP) is 1.66. The fourth-order valence-electron chi connectivity index (χ4n) is 1.64. The Kier molecular flexibility index (Phi) is 6.75. The summed E-state index contributed by atoms with van der Waals surface area (Å²) in [6.45, 7) is 4.74.